The van der Waals surface area contributed by atoms with Crippen molar-refractivity contribution in [2.75, 3.05) is 6.54 Å². The minimum absolute atomic E-state index is 0.106. The van der Waals surface area contributed by atoms with E-state index in [0.29, 0.717) is 5.92 Å². The number of rotatable bonds is 11. The first-order valence-corrected chi connectivity index (χ1v) is 9.50. The van der Waals surface area contributed by atoms with Crippen LogP contribution in [0, 0.1) is 16.7 Å². The predicted octanol–water partition coefficient (Wildman–Crippen LogP) is 4.89. The molecule has 0 spiro atoms. The molecule has 0 saturated carbocycles. The average molecular weight is 327 g/mol. The SMILES string of the molecule is CCCCC(CC)CNC(=O)C(C)(CC(C)(C)CC)C(C)(C)N. The molecule has 0 radical (unpaired) electrons. The van der Waals surface area contributed by atoms with Crippen molar-refractivity contribution in [3.8, 4) is 0 Å². The zero-order valence-electron chi connectivity index (χ0n) is 17.0. The molecule has 0 saturated heterocycles. The Morgan fingerprint density at radius 2 is 1.65 bits per heavy atom. The van der Waals surface area contributed by atoms with Crippen LogP contribution in [0.25, 0.3) is 0 Å². The van der Waals surface area contributed by atoms with E-state index in [1.54, 1.807) is 0 Å². The molecule has 0 aromatic carbocycles. The van der Waals surface area contributed by atoms with Crippen LogP contribution in [0.5, 0.6) is 0 Å². The van der Waals surface area contributed by atoms with E-state index >= 15 is 0 Å². The lowest BCUT2D eigenvalue weighted by atomic mass is 9.63. The Kier molecular flexibility index (Phi) is 8.83. The highest BCUT2D eigenvalue weighted by molar-refractivity contribution is 5.83. The fraction of sp³-hybridized carbons (Fsp3) is 0.950. The van der Waals surface area contributed by atoms with E-state index in [9.17, 15) is 4.79 Å². The minimum atomic E-state index is -0.560. The molecule has 0 aromatic heterocycles. The topological polar surface area (TPSA) is 55.1 Å². The molecule has 3 nitrogen and oxygen atoms in total. The second-order valence-electron chi connectivity index (χ2n) is 8.87. The average Bonchev–Trinajstić information content (AvgIpc) is 2.45. The maximum absolute atomic E-state index is 13.0. The molecule has 138 valence electrons. The van der Waals surface area contributed by atoms with Gasteiger partial charge in [0, 0.05) is 12.1 Å². The van der Waals surface area contributed by atoms with Crippen molar-refractivity contribution in [1.29, 1.82) is 0 Å². The van der Waals surface area contributed by atoms with E-state index in [-0.39, 0.29) is 11.3 Å². The van der Waals surface area contributed by atoms with Gasteiger partial charge in [0.05, 0.1) is 5.41 Å². The highest BCUT2D eigenvalue weighted by Gasteiger charge is 2.47. The molecule has 1 amide bonds. The van der Waals surface area contributed by atoms with Crippen LogP contribution in [0.15, 0.2) is 0 Å². The number of carbonyl (C=O) groups excluding carboxylic acids is 1. The Morgan fingerprint density at radius 1 is 1.09 bits per heavy atom. The first-order valence-electron chi connectivity index (χ1n) is 9.50. The molecule has 0 heterocycles. The fourth-order valence-electron chi connectivity index (χ4n) is 3.06. The molecule has 0 aliphatic carbocycles. The van der Waals surface area contributed by atoms with Crippen molar-refractivity contribution < 1.29 is 4.79 Å². The number of nitrogens with two attached hydrogens (primary N) is 1. The number of hydrogen-bond donors (Lipinski definition) is 2. The van der Waals surface area contributed by atoms with Gasteiger partial charge >= 0.3 is 0 Å². The number of unbranched alkanes of at least 4 members (excludes halogenated alkanes) is 1. The van der Waals surface area contributed by atoms with Crippen molar-refractivity contribution >= 4 is 5.91 Å². The van der Waals surface area contributed by atoms with Gasteiger partial charge in [0.1, 0.15) is 0 Å². The largest absolute Gasteiger partial charge is 0.355 e. The van der Waals surface area contributed by atoms with E-state index in [4.69, 9.17) is 5.73 Å². The van der Waals surface area contributed by atoms with Crippen LogP contribution in [0.2, 0.25) is 0 Å². The highest BCUT2D eigenvalue weighted by atomic mass is 16.2. The van der Waals surface area contributed by atoms with Gasteiger partial charge in [0.2, 0.25) is 5.91 Å². The highest BCUT2D eigenvalue weighted by Crippen LogP contribution is 2.42. The van der Waals surface area contributed by atoms with Crippen LogP contribution in [0.4, 0.5) is 0 Å². The standard InChI is InChI=1S/C20H42N2O/c1-9-12-13-16(10-2)14-22-17(23)20(8,19(6,7)21)15-18(4,5)11-3/h16H,9-15,21H2,1-8H3,(H,22,23). The Hall–Kier alpha value is -0.570. The van der Waals surface area contributed by atoms with Crippen LogP contribution in [0.3, 0.4) is 0 Å². The number of nitrogens with one attached hydrogen (secondary N) is 1. The van der Waals surface area contributed by atoms with E-state index < -0.39 is 11.0 Å². The van der Waals surface area contributed by atoms with Crippen LogP contribution < -0.4 is 11.1 Å². The fourth-order valence-corrected chi connectivity index (χ4v) is 3.06. The molecule has 0 rings (SSSR count). The molecule has 0 aromatic rings. The number of carbonyl (C=O) groups is 1. The minimum Gasteiger partial charge on any atom is -0.355 e. The molecule has 3 heteroatoms. The van der Waals surface area contributed by atoms with Gasteiger partial charge in [0.15, 0.2) is 0 Å². The molecule has 0 aliphatic rings. The van der Waals surface area contributed by atoms with Gasteiger partial charge in [0.25, 0.3) is 0 Å². The van der Waals surface area contributed by atoms with Crippen LogP contribution >= 0.6 is 0 Å². The Balaban J connectivity index is 5.03. The molecule has 3 N–H and O–H groups in total. The second-order valence-corrected chi connectivity index (χ2v) is 8.87. The van der Waals surface area contributed by atoms with Gasteiger partial charge in [-0.05, 0) is 44.9 Å². The summed E-state index contributed by atoms with van der Waals surface area (Å²) in [5, 5.41) is 3.22. The zero-order valence-corrected chi connectivity index (χ0v) is 17.0. The summed E-state index contributed by atoms with van der Waals surface area (Å²) in [7, 11) is 0. The number of hydrogen-bond acceptors (Lipinski definition) is 2. The molecule has 0 fully saturated rings. The van der Waals surface area contributed by atoms with E-state index in [1.807, 2.05) is 20.8 Å². The van der Waals surface area contributed by atoms with E-state index in [2.05, 4.69) is 39.9 Å². The Bertz CT molecular complexity index is 357. The lowest BCUT2D eigenvalue weighted by molar-refractivity contribution is -0.136. The number of amides is 1. The quantitative estimate of drug-likeness (QED) is 0.568. The van der Waals surface area contributed by atoms with Gasteiger partial charge in [-0.3, -0.25) is 4.79 Å². The van der Waals surface area contributed by atoms with Gasteiger partial charge in [-0.25, -0.2) is 0 Å². The maximum Gasteiger partial charge on any atom is 0.227 e. The molecule has 2 unspecified atom stereocenters. The maximum atomic E-state index is 13.0. The summed E-state index contributed by atoms with van der Waals surface area (Å²) in [5.41, 5.74) is 5.43. The monoisotopic (exact) mass is 326 g/mol. The molecule has 0 aliphatic heterocycles. The molecular formula is C20H42N2O. The van der Waals surface area contributed by atoms with Gasteiger partial charge in [-0.2, -0.15) is 0 Å². The van der Waals surface area contributed by atoms with Gasteiger partial charge in [-0.15, -0.1) is 0 Å². The van der Waals surface area contributed by atoms with Crippen LogP contribution in [-0.4, -0.2) is 18.0 Å². The van der Waals surface area contributed by atoms with Gasteiger partial charge < -0.3 is 11.1 Å². The summed E-state index contributed by atoms with van der Waals surface area (Å²) in [6.07, 6.45) is 6.59. The summed E-state index contributed by atoms with van der Waals surface area (Å²) in [6, 6.07) is 0. The normalized spacial score (nSPS) is 16.7. The van der Waals surface area contributed by atoms with Gasteiger partial charge in [-0.1, -0.05) is 60.3 Å². The van der Waals surface area contributed by atoms with Crippen LogP contribution in [-0.2, 0) is 4.79 Å². The first-order chi connectivity index (χ1) is 10.4. The zero-order chi connectivity index (χ0) is 18.3. The van der Waals surface area contributed by atoms with E-state index in [0.717, 1.165) is 25.8 Å². The second kappa shape index (κ2) is 9.05. The third-order valence-electron chi connectivity index (χ3n) is 5.81. The Labute approximate surface area is 145 Å². The summed E-state index contributed by atoms with van der Waals surface area (Å²) < 4.78 is 0. The summed E-state index contributed by atoms with van der Waals surface area (Å²) in [6.45, 7) is 17.8. The predicted molar refractivity (Wildman–Crippen MR) is 101 cm³/mol. The molecule has 2 atom stereocenters. The van der Waals surface area contributed by atoms with Crippen molar-refractivity contribution in [3.63, 3.8) is 0 Å². The van der Waals surface area contributed by atoms with Crippen molar-refractivity contribution in [1.82, 2.24) is 5.32 Å². The van der Waals surface area contributed by atoms with Crippen molar-refractivity contribution in [2.45, 2.75) is 99.5 Å². The van der Waals surface area contributed by atoms with Crippen molar-refractivity contribution in [3.05, 3.63) is 0 Å². The summed E-state index contributed by atoms with van der Waals surface area (Å²) in [5.74, 6) is 0.685. The third-order valence-corrected chi connectivity index (χ3v) is 5.81. The molecule has 0 bridgehead atoms. The first kappa shape index (κ1) is 22.4. The summed E-state index contributed by atoms with van der Waals surface area (Å²) >= 11 is 0. The lowest BCUT2D eigenvalue weighted by Gasteiger charge is -2.45. The smallest absolute Gasteiger partial charge is 0.227 e. The Morgan fingerprint density at radius 3 is 2.04 bits per heavy atom. The molecule has 23 heavy (non-hydrogen) atoms. The van der Waals surface area contributed by atoms with E-state index in [1.165, 1.54) is 19.3 Å². The molecular weight excluding hydrogens is 284 g/mol. The third kappa shape index (κ3) is 6.82. The summed E-state index contributed by atoms with van der Waals surface area (Å²) in [4.78, 5) is 13.0. The van der Waals surface area contributed by atoms with Crippen LogP contribution in [0.1, 0.15) is 93.9 Å². The van der Waals surface area contributed by atoms with Crippen molar-refractivity contribution in [2.24, 2.45) is 22.5 Å². The lowest BCUT2D eigenvalue weighted by Crippen LogP contribution is -2.59.